The topological polar surface area (TPSA) is 125 Å². The SMILES string of the molecule is COCCN1C(=O)C2C(CCC(=O)O)NC3(C(=O)Nc4ccccc43)C2C1=O. The molecule has 3 N–H and O–H groups in total. The van der Waals surface area contributed by atoms with E-state index in [1.165, 1.54) is 7.11 Å². The van der Waals surface area contributed by atoms with Gasteiger partial charge in [0, 0.05) is 30.8 Å². The van der Waals surface area contributed by atoms with E-state index in [2.05, 4.69) is 10.6 Å². The fourth-order valence-corrected chi connectivity index (χ4v) is 4.75. The lowest BCUT2D eigenvalue weighted by Gasteiger charge is -2.29. The number of nitrogens with one attached hydrogen (secondary N) is 2. The molecular formula is C19H21N3O6. The second kappa shape index (κ2) is 6.68. The molecule has 9 heteroatoms. The van der Waals surface area contributed by atoms with Crippen molar-refractivity contribution in [1.29, 1.82) is 0 Å². The molecule has 2 fully saturated rings. The lowest BCUT2D eigenvalue weighted by molar-refractivity contribution is -0.144. The minimum Gasteiger partial charge on any atom is -0.481 e. The normalized spacial score (nSPS) is 30.7. The summed E-state index contributed by atoms with van der Waals surface area (Å²) in [5.74, 6) is -3.91. The van der Waals surface area contributed by atoms with Crippen LogP contribution in [0.5, 0.6) is 0 Å². The molecule has 3 aliphatic heterocycles. The molecule has 0 saturated carbocycles. The summed E-state index contributed by atoms with van der Waals surface area (Å²) < 4.78 is 5.00. The number of likely N-dealkylation sites (tertiary alicyclic amines) is 1. The standard InChI is InChI=1S/C19H21N3O6/c1-28-9-8-22-16(25)14-12(6-7-13(23)24)21-19(15(14)17(22)26)10-4-2-3-5-11(10)20-18(19)27/h2-5,12,14-15,21H,6-9H2,1H3,(H,20,27)(H,23,24). The van der Waals surface area contributed by atoms with Crippen molar-refractivity contribution < 1.29 is 29.0 Å². The fourth-order valence-electron chi connectivity index (χ4n) is 4.75. The highest BCUT2D eigenvalue weighted by Gasteiger charge is 2.70. The van der Waals surface area contributed by atoms with E-state index in [1.54, 1.807) is 24.3 Å². The smallest absolute Gasteiger partial charge is 0.303 e. The first-order chi connectivity index (χ1) is 13.4. The average Bonchev–Trinajstić information content (AvgIpc) is 3.24. The van der Waals surface area contributed by atoms with Gasteiger partial charge in [0.1, 0.15) is 5.54 Å². The van der Waals surface area contributed by atoms with Crippen molar-refractivity contribution in [1.82, 2.24) is 10.2 Å². The van der Waals surface area contributed by atoms with Crippen LogP contribution in [-0.2, 0) is 29.5 Å². The summed E-state index contributed by atoms with van der Waals surface area (Å²) in [6.07, 6.45) is -0.0232. The van der Waals surface area contributed by atoms with Gasteiger partial charge in [-0.2, -0.15) is 0 Å². The van der Waals surface area contributed by atoms with Crippen LogP contribution < -0.4 is 10.6 Å². The lowest BCUT2D eigenvalue weighted by atomic mass is 9.76. The molecular weight excluding hydrogens is 366 g/mol. The number of carboxylic acids is 1. The molecule has 0 aliphatic carbocycles. The highest BCUT2D eigenvalue weighted by Crippen LogP contribution is 2.53. The summed E-state index contributed by atoms with van der Waals surface area (Å²) in [7, 11) is 1.48. The maximum Gasteiger partial charge on any atom is 0.303 e. The predicted molar refractivity (Wildman–Crippen MR) is 96.1 cm³/mol. The molecule has 3 aliphatic rings. The van der Waals surface area contributed by atoms with Gasteiger partial charge in [-0.3, -0.25) is 29.4 Å². The second-order valence-corrected chi connectivity index (χ2v) is 7.32. The molecule has 28 heavy (non-hydrogen) atoms. The van der Waals surface area contributed by atoms with Crippen LogP contribution >= 0.6 is 0 Å². The highest BCUT2D eigenvalue weighted by atomic mass is 16.5. The van der Waals surface area contributed by atoms with Crippen LogP contribution in [0.2, 0.25) is 0 Å². The molecule has 4 atom stereocenters. The summed E-state index contributed by atoms with van der Waals surface area (Å²) in [6.45, 7) is 0.298. The molecule has 3 heterocycles. The van der Waals surface area contributed by atoms with Crippen molar-refractivity contribution in [2.45, 2.75) is 24.4 Å². The van der Waals surface area contributed by atoms with Crippen molar-refractivity contribution in [3.05, 3.63) is 29.8 Å². The summed E-state index contributed by atoms with van der Waals surface area (Å²) in [4.78, 5) is 51.6. The largest absolute Gasteiger partial charge is 0.481 e. The van der Waals surface area contributed by atoms with Crippen LogP contribution in [-0.4, -0.2) is 60.0 Å². The highest BCUT2D eigenvalue weighted by molar-refractivity contribution is 6.15. The number of hydrogen-bond donors (Lipinski definition) is 3. The number of benzene rings is 1. The van der Waals surface area contributed by atoms with Gasteiger partial charge < -0.3 is 15.2 Å². The van der Waals surface area contributed by atoms with Gasteiger partial charge in [0.15, 0.2) is 0 Å². The Morgan fingerprint density at radius 2 is 2.00 bits per heavy atom. The number of imide groups is 1. The van der Waals surface area contributed by atoms with Crippen molar-refractivity contribution in [3.63, 3.8) is 0 Å². The zero-order valence-corrected chi connectivity index (χ0v) is 15.3. The third-order valence-electron chi connectivity index (χ3n) is 5.90. The Morgan fingerprint density at radius 3 is 2.71 bits per heavy atom. The first-order valence-corrected chi connectivity index (χ1v) is 9.16. The Balaban J connectivity index is 1.79. The Morgan fingerprint density at radius 1 is 1.25 bits per heavy atom. The number of anilines is 1. The predicted octanol–water partition coefficient (Wildman–Crippen LogP) is -0.0818. The number of hydrogen-bond acceptors (Lipinski definition) is 6. The molecule has 4 unspecified atom stereocenters. The van der Waals surface area contributed by atoms with Gasteiger partial charge in [0.25, 0.3) is 0 Å². The van der Waals surface area contributed by atoms with Crippen molar-refractivity contribution in [2.24, 2.45) is 11.8 Å². The number of carboxylic acid groups (broad SMARTS) is 1. The van der Waals surface area contributed by atoms with Crippen LogP contribution in [0.25, 0.3) is 0 Å². The number of methoxy groups -OCH3 is 1. The van der Waals surface area contributed by atoms with E-state index in [4.69, 9.17) is 9.84 Å². The van der Waals surface area contributed by atoms with Gasteiger partial charge in [-0.1, -0.05) is 18.2 Å². The molecule has 3 amide bonds. The Labute approximate surface area is 161 Å². The number of ether oxygens (including phenoxy) is 1. The number of para-hydroxylation sites is 1. The first-order valence-electron chi connectivity index (χ1n) is 9.16. The van der Waals surface area contributed by atoms with Gasteiger partial charge in [0.2, 0.25) is 17.7 Å². The zero-order valence-electron chi connectivity index (χ0n) is 15.3. The minimum absolute atomic E-state index is 0.103. The maximum absolute atomic E-state index is 13.2. The number of nitrogens with zero attached hydrogens (tertiary/aromatic N) is 1. The summed E-state index contributed by atoms with van der Waals surface area (Å²) in [6, 6.07) is 6.45. The third-order valence-corrected chi connectivity index (χ3v) is 5.90. The van der Waals surface area contributed by atoms with E-state index in [0.717, 1.165) is 4.90 Å². The number of carbonyl (C=O) groups is 4. The second-order valence-electron chi connectivity index (χ2n) is 7.32. The molecule has 1 aromatic carbocycles. The van der Waals surface area contributed by atoms with E-state index in [0.29, 0.717) is 11.3 Å². The molecule has 148 valence electrons. The molecule has 2 saturated heterocycles. The molecule has 4 rings (SSSR count). The van der Waals surface area contributed by atoms with Crippen LogP contribution in [0.15, 0.2) is 24.3 Å². The Kier molecular flexibility index (Phi) is 4.43. The van der Waals surface area contributed by atoms with Crippen molar-refractivity contribution in [2.75, 3.05) is 25.6 Å². The van der Waals surface area contributed by atoms with E-state index in [9.17, 15) is 19.2 Å². The van der Waals surface area contributed by atoms with Crippen LogP contribution in [0.1, 0.15) is 18.4 Å². The molecule has 0 aromatic heterocycles. The maximum atomic E-state index is 13.2. The molecule has 0 bridgehead atoms. The quantitative estimate of drug-likeness (QED) is 0.583. The lowest BCUT2D eigenvalue weighted by Crippen LogP contribution is -2.53. The zero-order chi connectivity index (χ0) is 20.1. The number of carbonyl (C=O) groups excluding carboxylic acids is 3. The number of rotatable bonds is 6. The first kappa shape index (κ1) is 18.6. The van der Waals surface area contributed by atoms with E-state index >= 15 is 0 Å². The van der Waals surface area contributed by atoms with Gasteiger partial charge >= 0.3 is 5.97 Å². The van der Waals surface area contributed by atoms with Crippen molar-refractivity contribution >= 4 is 29.4 Å². The number of fused-ring (bicyclic) bond motifs is 4. The molecule has 0 radical (unpaired) electrons. The van der Waals surface area contributed by atoms with E-state index in [1.807, 2.05) is 0 Å². The van der Waals surface area contributed by atoms with Crippen LogP contribution in [0, 0.1) is 11.8 Å². The van der Waals surface area contributed by atoms with Gasteiger partial charge in [-0.05, 0) is 12.5 Å². The number of amides is 3. The molecule has 1 spiro atoms. The minimum atomic E-state index is -1.38. The monoisotopic (exact) mass is 387 g/mol. The Bertz CT molecular complexity index is 871. The summed E-state index contributed by atoms with van der Waals surface area (Å²) in [5, 5.41) is 15.1. The van der Waals surface area contributed by atoms with Crippen LogP contribution in [0.4, 0.5) is 5.69 Å². The molecule has 1 aromatic rings. The summed E-state index contributed by atoms with van der Waals surface area (Å²) in [5.41, 5.74) is -0.172. The van der Waals surface area contributed by atoms with Crippen molar-refractivity contribution in [3.8, 4) is 0 Å². The Hall–Kier alpha value is -2.78. The van der Waals surface area contributed by atoms with E-state index < -0.39 is 41.2 Å². The van der Waals surface area contributed by atoms with Gasteiger partial charge in [-0.25, -0.2) is 0 Å². The number of aliphatic carboxylic acids is 1. The summed E-state index contributed by atoms with van der Waals surface area (Å²) >= 11 is 0. The fraction of sp³-hybridized carbons (Fsp3) is 0.474. The average molecular weight is 387 g/mol. The molecule has 9 nitrogen and oxygen atoms in total. The van der Waals surface area contributed by atoms with Gasteiger partial charge in [0.05, 0.1) is 25.0 Å². The van der Waals surface area contributed by atoms with Gasteiger partial charge in [-0.15, -0.1) is 0 Å². The third kappa shape index (κ3) is 2.46. The van der Waals surface area contributed by atoms with Crippen LogP contribution in [0.3, 0.4) is 0 Å². The van der Waals surface area contributed by atoms with E-state index in [-0.39, 0.29) is 31.9 Å².